The molecule has 0 bridgehead atoms. The lowest BCUT2D eigenvalue weighted by molar-refractivity contribution is 0.264. The second-order valence-electron chi connectivity index (χ2n) is 5.25. The van der Waals surface area contributed by atoms with Crippen LogP contribution >= 0.6 is 12.2 Å². The topological polar surface area (TPSA) is 32.5 Å². The van der Waals surface area contributed by atoms with E-state index in [9.17, 15) is 4.39 Å². The van der Waals surface area contributed by atoms with Gasteiger partial charge in [-0.1, -0.05) is 19.8 Å². The number of halogens is 1. The standard InChI is InChI=1S/C15H22FN3S/c1-2-3-4-14-11-18(9-10-19(14)15(17)20)13-7-5-12(16)6-8-13/h5-8,14H,2-4,9-11H2,1H3,(H2,17,20). The number of anilines is 1. The first-order valence-corrected chi connectivity index (χ1v) is 7.59. The maximum atomic E-state index is 13.0. The molecule has 1 aliphatic heterocycles. The third-order valence-electron chi connectivity index (χ3n) is 3.85. The lowest BCUT2D eigenvalue weighted by Crippen LogP contribution is -2.56. The Bertz CT molecular complexity index is 449. The van der Waals surface area contributed by atoms with Crippen LogP contribution in [0.5, 0.6) is 0 Å². The van der Waals surface area contributed by atoms with Crippen LogP contribution < -0.4 is 10.6 Å². The van der Waals surface area contributed by atoms with Gasteiger partial charge in [-0.3, -0.25) is 0 Å². The van der Waals surface area contributed by atoms with Crippen molar-refractivity contribution < 1.29 is 4.39 Å². The fourth-order valence-electron chi connectivity index (χ4n) is 2.72. The second kappa shape index (κ2) is 6.88. The normalized spacial score (nSPS) is 19.2. The molecule has 3 nitrogen and oxygen atoms in total. The van der Waals surface area contributed by atoms with Crippen molar-refractivity contribution in [3.63, 3.8) is 0 Å². The van der Waals surface area contributed by atoms with Crippen molar-refractivity contribution in [3.8, 4) is 0 Å². The van der Waals surface area contributed by atoms with Gasteiger partial charge in [-0.2, -0.15) is 0 Å². The maximum Gasteiger partial charge on any atom is 0.166 e. The molecule has 1 fully saturated rings. The van der Waals surface area contributed by atoms with Crippen LogP contribution in [0.4, 0.5) is 10.1 Å². The predicted octanol–water partition coefficient (Wildman–Crippen LogP) is 2.75. The second-order valence-corrected chi connectivity index (χ2v) is 5.67. The van der Waals surface area contributed by atoms with Crippen molar-refractivity contribution in [1.29, 1.82) is 0 Å². The number of thiocarbonyl (C=S) groups is 1. The Hall–Kier alpha value is -1.36. The lowest BCUT2D eigenvalue weighted by atomic mass is 10.0. The van der Waals surface area contributed by atoms with Gasteiger partial charge in [-0.15, -0.1) is 0 Å². The van der Waals surface area contributed by atoms with E-state index in [1.807, 2.05) is 12.1 Å². The molecule has 0 amide bonds. The average molecular weight is 295 g/mol. The van der Waals surface area contributed by atoms with E-state index in [0.29, 0.717) is 11.2 Å². The van der Waals surface area contributed by atoms with E-state index in [-0.39, 0.29) is 5.82 Å². The van der Waals surface area contributed by atoms with Crippen LogP contribution in [0.2, 0.25) is 0 Å². The van der Waals surface area contributed by atoms with Gasteiger partial charge in [0.1, 0.15) is 5.82 Å². The summed E-state index contributed by atoms with van der Waals surface area (Å²) in [5, 5.41) is 0.491. The Morgan fingerprint density at radius 1 is 1.35 bits per heavy atom. The highest BCUT2D eigenvalue weighted by Crippen LogP contribution is 2.22. The number of hydrogen-bond acceptors (Lipinski definition) is 2. The molecular weight excluding hydrogens is 273 g/mol. The summed E-state index contributed by atoms with van der Waals surface area (Å²) in [5.74, 6) is -0.196. The maximum absolute atomic E-state index is 13.0. The molecule has 2 N–H and O–H groups in total. The molecule has 110 valence electrons. The van der Waals surface area contributed by atoms with E-state index >= 15 is 0 Å². The van der Waals surface area contributed by atoms with Crippen LogP contribution in [-0.2, 0) is 0 Å². The highest BCUT2D eigenvalue weighted by atomic mass is 32.1. The Balaban J connectivity index is 2.07. The highest BCUT2D eigenvalue weighted by Gasteiger charge is 2.27. The fourth-order valence-corrected chi connectivity index (χ4v) is 2.96. The summed E-state index contributed by atoms with van der Waals surface area (Å²) < 4.78 is 13.0. The molecule has 0 spiro atoms. The van der Waals surface area contributed by atoms with Gasteiger partial charge in [0, 0.05) is 31.4 Å². The van der Waals surface area contributed by atoms with E-state index in [1.54, 1.807) is 0 Å². The van der Waals surface area contributed by atoms with Crippen LogP contribution in [-0.4, -0.2) is 35.7 Å². The van der Waals surface area contributed by atoms with Crippen molar-refractivity contribution in [3.05, 3.63) is 30.1 Å². The van der Waals surface area contributed by atoms with Gasteiger partial charge in [0.15, 0.2) is 5.11 Å². The Labute approximate surface area is 125 Å². The number of unbranched alkanes of at least 4 members (excludes halogenated alkanes) is 1. The first-order valence-electron chi connectivity index (χ1n) is 7.18. The first-order chi connectivity index (χ1) is 9.61. The van der Waals surface area contributed by atoms with Crippen molar-refractivity contribution >= 4 is 23.0 Å². The number of piperazine rings is 1. The molecule has 2 rings (SSSR count). The van der Waals surface area contributed by atoms with Crippen molar-refractivity contribution in [1.82, 2.24) is 4.90 Å². The van der Waals surface area contributed by atoms with Gasteiger partial charge in [0.05, 0.1) is 0 Å². The molecule has 0 aromatic heterocycles. The molecule has 1 saturated heterocycles. The minimum Gasteiger partial charge on any atom is -0.376 e. The lowest BCUT2D eigenvalue weighted by Gasteiger charge is -2.43. The third kappa shape index (κ3) is 3.60. The number of rotatable bonds is 4. The van der Waals surface area contributed by atoms with E-state index in [1.165, 1.54) is 18.6 Å². The Morgan fingerprint density at radius 2 is 2.05 bits per heavy atom. The van der Waals surface area contributed by atoms with Gasteiger partial charge in [-0.25, -0.2) is 4.39 Å². The molecule has 0 aliphatic carbocycles. The van der Waals surface area contributed by atoms with Gasteiger partial charge in [0.25, 0.3) is 0 Å². The minimum atomic E-state index is -0.196. The monoisotopic (exact) mass is 295 g/mol. The molecule has 20 heavy (non-hydrogen) atoms. The molecule has 1 aliphatic rings. The summed E-state index contributed by atoms with van der Waals surface area (Å²) in [4.78, 5) is 4.42. The summed E-state index contributed by atoms with van der Waals surface area (Å²) in [6.45, 7) is 4.78. The number of nitrogens with zero attached hydrogens (tertiary/aromatic N) is 2. The largest absolute Gasteiger partial charge is 0.376 e. The van der Waals surface area contributed by atoms with Crippen LogP contribution in [0.25, 0.3) is 0 Å². The zero-order valence-corrected chi connectivity index (χ0v) is 12.7. The molecular formula is C15H22FN3S. The summed E-state index contributed by atoms with van der Waals surface area (Å²) >= 11 is 5.15. The molecule has 0 radical (unpaired) electrons. The summed E-state index contributed by atoms with van der Waals surface area (Å²) in [6.07, 6.45) is 3.42. The van der Waals surface area contributed by atoms with Crippen LogP contribution in [0.15, 0.2) is 24.3 Å². The van der Waals surface area contributed by atoms with Crippen LogP contribution in [0, 0.1) is 5.82 Å². The molecule has 5 heteroatoms. The Kier molecular flexibility index (Phi) is 5.17. The zero-order chi connectivity index (χ0) is 14.5. The van der Waals surface area contributed by atoms with E-state index in [0.717, 1.165) is 38.2 Å². The summed E-state index contributed by atoms with van der Waals surface area (Å²) in [6, 6.07) is 7.05. The summed E-state index contributed by atoms with van der Waals surface area (Å²) in [5.41, 5.74) is 6.89. The van der Waals surface area contributed by atoms with Crippen LogP contribution in [0.1, 0.15) is 26.2 Å². The van der Waals surface area contributed by atoms with Crippen molar-refractivity contribution in [2.45, 2.75) is 32.2 Å². The molecule has 1 atom stereocenters. The minimum absolute atomic E-state index is 0.196. The fraction of sp³-hybridized carbons (Fsp3) is 0.533. The predicted molar refractivity (Wildman–Crippen MR) is 85.4 cm³/mol. The quantitative estimate of drug-likeness (QED) is 0.866. The number of hydrogen-bond donors (Lipinski definition) is 1. The SMILES string of the molecule is CCCCC1CN(c2ccc(F)cc2)CCN1C(N)=S. The van der Waals surface area contributed by atoms with Crippen molar-refractivity contribution in [2.24, 2.45) is 5.73 Å². The first kappa shape index (κ1) is 15.0. The van der Waals surface area contributed by atoms with Gasteiger partial charge >= 0.3 is 0 Å². The van der Waals surface area contributed by atoms with Crippen molar-refractivity contribution in [2.75, 3.05) is 24.5 Å². The smallest absolute Gasteiger partial charge is 0.166 e. The number of nitrogens with two attached hydrogens (primary N) is 1. The molecule has 0 saturated carbocycles. The zero-order valence-electron chi connectivity index (χ0n) is 11.9. The average Bonchev–Trinajstić information content (AvgIpc) is 2.45. The van der Waals surface area contributed by atoms with Gasteiger partial charge < -0.3 is 15.5 Å². The van der Waals surface area contributed by atoms with E-state index in [4.69, 9.17) is 18.0 Å². The Morgan fingerprint density at radius 3 is 2.65 bits per heavy atom. The van der Waals surface area contributed by atoms with E-state index < -0.39 is 0 Å². The molecule has 1 heterocycles. The molecule has 1 aromatic carbocycles. The van der Waals surface area contributed by atoms with Gasteiger partial charge in [0.2, 0.25) is 0 Å². The third-order valence-corrected chi connectivity index (χ3v) is 4.08. The van der Waals surface area contributed by atoms with Gasteiger partial charge in [-0.05, 0) is 42.9 Å². The van der Waals surface area contributed by atoms with E-state index in [2.05, 4.69) is 16.7 Å². The molecule has 1 unspecified atom stereocenters. The van der Waals surface area contributed by atoms with Crippen LogP contribution in [0.3, 0.4) is 0 Å². The number of benzene rings is 1. The highest BCUT2D eigenvalue weighted by molar-refractivity contribution is 7.80. The molecule has 1 aromatic rings. The summed E-state index contributed by atoms with van der Waals surface area (Å²) in [7, 11) is 0.